The van der Waals surface area contributed by atoms with E-state index in [4.69, 9.17) is 4.74 Å². The van der Waals surface area contributed by atoms with E-state index in [9.17, 15) is 4.79 Å². The second kappa shape index (κ2) is 5.35. The number of carbonyl (C=O) groups is 1. The van der Waals surface area contributed by atoms with Gasteiger partial charge in [-0.2, -0.15) is 5.10 Å². The Morgan fingerprint density at radius 3 is 2.72 bits per heavy atom. The van der Waals surface area contributed by atoms with Crippen LogP contribution in [0.15, 0.2) is 36.4 Å². The number of methoxy groups -OCH3 is 1. The molecule has 1 aromatic carbocycles. The summed E-state index contributed by atoms with van der Waals surface area (Å²) in [6, 6.07) is 11.6. The highest BCUT2D eigenvalue weighted by Gasteiger charge is 2.09. The van der Waals surface area contributed by atoms with E-state index in [1.54, 1.807) is 17.8 Å². The van der Waals surface area contributed by atoms with Crippen molar-refractivity contribution in [2.24, 2.45) is 7.05 Å². The predicted molar refractivity (Wildman–Crippen MR) is 66.2 cm³/mol. The minimum Gasteiger partial charge on any atom is -0.466 e. The Labute approximate surface area is 105 Å². The first-order chi connectivity index (χ1) is 8.70. The summed E-state index contributed by atoms with van der Waals surface area (Å²) in [5.41, 5.74) is 1.80. The molecule has 0 unspecified atom stereocenters. The summed E-state index contributed by atoms with van der Waals surface area (Å²) in [7, 11) is 3.09. The van der Waals surface area contributed by atoms with Gasteiger partial charge in [0, 0.05) is 18.7 Å². The number of hydrogen-bond acceptors (Lipinski definition) is 4. The highest BCUT2D eigenvalue weighted by molar-refractivity contribution is 5.71. The molecule has 0 aliphatic heterocycles. The minimum absolute atomic E-state index is 0.121. The molecule has 0 aliphatic carbocycles. The molecule has 0 saturated heterocycles. The number of esters is 1. The number of aromatic nitrogens is 2. The third-order valence-corrected chi connectivity index (χ3v) is 2.47. The Kier molecular flexibility index (Phi) is 3.62. The third kappa shape index (κ3) is 2.68. The maximum absolute atomic E-state index is 11.0. The molecule has 1 heterocycles. The fourth-order valence-corrected chi connectivity index (χ4v) is 1.53. The van der Waals surface area contributed by atoms with Crippen molar-refractivity contribution in [2.75, 3.05) is 13.7 Å². The number of rotatable bonds is 4. The average molecular weight is 246 g/mol. The van der Waals surface area contributed by atoms with Crippen molar-refractivity contribution in [1.29, 1.82) is 0 Å². The van der Waals surface area contributed by atoms with Gasteiger partial charge in [-0.3, -0.25) is 0 Å². The molecule has 0 aliphatic rings. The normalized spacial score (nSPS) is 10.1. The van der Waals surface area contributed by atoms with Gasteiger partial charge in [-0.1, -0.05) is 30.3 Å². The van der Waals surface area contributed by atoms with Crippen molar-refractivity contribution < 1.29 is 14.3 Å². The van der Waals surface area contributed by atoms with E-state index in [0.717, 1.165) is 11.3 Å². The van der Waals surface area contributed by atoms with Crippen molar-refractivity contribution in [3.05, 3.63) is 36.4 Å². The van der Waals surface area contributed by atoms with E-state index in [-0.39, 0.29) is 6.61 Å². The van der Waals surface area contributed by atoms with Crippen LogP contribution in [-0.2, 0) is 16.6 Å². The van der Waals surface area contributed by atoms with E-state index in [2.05, 4.69) is 9.84 Å². The van der Waals surface area contributed by atoms with Crippen molar-refractivity contribution in [3.63, 3.8) is 0 Å². The van der Waals surface area contributed by atoms with E-state index in [1.807, 2.05) is 30.3 Å². The first-order valence-corrected chi connectivity index (χ1v) is 5.50. The predicted octanol–water partition coefficient (Wildman–Crippen LogP) is 1.64. The van der Waals surface area contributed by atoms with E-state index in [1.165, 1.54) is 7.11 Å². The van der Waals surface area contributed by atoms with Gasteiger partial charge in [0.2, 0.25) is 5.88 Å². The molecule has 2 aromatic rings. The number of carbonyl (C=O) groups excluding carboxylic acids is 1. The molecule has 5 nitrogen and oxygen atoms in total. The van der Waals surface area contributed by atoms with Gasteiger partial charge in [0.15, 0.2) is 6.61 Å². The van der Waals surface area contributed by atoms with E-state index < -0.39 is 5.97 Å². The Morgan fingerprint density at radius 2 is 2.06 bits per heavy atom. The summed E-state index contributed by atoms with van der Waals surface area (Å²) in [5.74, 6) is 0.108. The molecule has 5 heteroatoms. The van der Waals surface area contributed by atoms with Crippen LogP contribution in [0.25, 0.3) is 11.3 Å². The highest BCUT2D eigenvalue weighted by atomic mass is 16.6. The summed E-state index contributed by atoms with van der Waals surface area (Å²) in [4.78, 5) is 11.0. The minimum atomic E-state index is -0.419. The van der Waals surface area contributed by atoms with Crippen LogP contribution in [-0.4, -0.2) is 29.5 Å². The van der Waals surface area contributed by atoms with Crippen molar-refractivity contribution in [3.8, 4) is 17.1 Å². The first kappa shape index (κ1) is 12.2. The first-order valence-electron chi connectivity index (χ1n) is 5.50. The molecular formula is C13H14N2O3. The number of benzene rings is 1. The molecule has 0 N–H and O–H groups in total. The van der Waals surface area contributed by atoms with Crippen LogP contribution in [0.4, 0.5) is 0 Å². The molecule has 94 valence electrons. The maximum atomic E-state index is 11.0. The molecule has 0 amide bonds. The summed E-state index contributed by atoms with van der Waals surface area (Å²) < 4.78 is 11.4. The topological polar surface area (TPSA) is 53.4 Å². The van der Waals surface area contributed by atoms with Gasteiger partial charge >= 0.3 is 5.97 Å². The Hall–Kier alpha value is -2.30. The zero-order chi connectivity index (χ0) is 13.0. The van der Waals surface area contributed by atoms with Crippen molar-refractivity contribution in [2.45, 2.75) is 0 Å². The van der Waals surface area contributed by atoms with Crippen LogP contribution in [0.5, 0.6) is 5.88 Å². The van der Waals surface area contributed by atoms with Crippen LogP contribution >= 0.6 is 0 Å². The number of nitrogens with zero attached hydrogens (tertiary/aromatic N) is 2. The lowest BCUT2D eigenvalue weighted by Gasteiger charge is -2.03. The zero-order valence-electron chi connectivity index (χ0n) is 10.3. The largest absolute Gasteiger partial charge is 0.466 e. The van der Waals surface area contributed by atoms with Gasteiger partial charge in [0.1, 0.15) is 0 Å². The van der Waals surface area contributed by atoms with E-state index >= 15 is 0 Å². The average Bonchev–Trinajstić information content (AvgIpc) is 2.78. The summed E-state index contributed by atoms with van der Waals surface area (Å²) in [5, 5.41) is 4.32. The van der Waals surface area contributed by atoms with Crippen LogP contribution in [0.2, 0.25) is 0 Å². The molecular weight excluding hydrogens is 232 g/mol. The molecule has 0 atom stereocenters. The molecule has 2 rings (SSSR count). The SMILES string of the molecule is COC(=O)COc1cc(-c2ccccc2)nn1C. The smallest absolute Gasteiger partial charge is 0.343 e. The monoisotopic (exact) mass is 246 g/mol. The number of hydrogen-bond donors (Lipinski definition) is 0. The molecule has 0 bridgehead atoms. The van der Waals surface area contributed by atoms with Crippen LogP contribution < -0.4 is 4.74 Å². The third-order valence-electron chi connectivity index (χ3n) is 2.47. The van der Waals surface area contributed by atoms with Crippen molar-refractivity contribution in [1.82, 2.24) is 9.78 Å². The molecule has 1 aromatic heterocycles. The lowest BCUT2D eigenvalue weighted by atomic mass is 10.2. The fraction of sp³-hybridized carbons (Fsp3) is 0.231. The zero-order valence-corrected chi connectivity index (χ0v) is 10.3. The van der Waals surface area contributed by atoms with Crippen LogP contribution in [0.3, 0.4) is 0 Å². The van der Waals surface area contributed by atoms with Crippen LogP contribution in [0.1, 0.15) is 0 Å². The lowest BCUT2D eigenvalue weighted by Crippen LogP contribution is -2.14. The lowest BCUT2D eigenvalue weighted by molar-refractivity contribution is -0.143. The molecule has 0 radical (unpaired) electrons. The molecule has 18 heavy (non-hydrogen) atoms. The standard InChI is InChI=1S/C13H14N2O3/c1-15-12(18-9-13(16)17-2)8-11(14-15)10-6-4-3-5-7-10/h3-8H,9H2,1-2H3. The van der Waals surface area contributed by atoms with Crippen molar-refractivity contribution >= 4 is 5.97 Å². The van der Waals surface area contributed by atoms with Gasteiger partial charge in [0.05, 0.1) is 12.8 Å². The van der Waals surface area contributed by atoms with Gasteiger partial charge in [-0.05, 0) is 0 Å². The van der Waals surface area contributed by atoms with Gasteiger partial charge in [0.25, 0.3) is 0 Å². The van der Waals surface area contributed by atoms with Crippen LogP contribution in [0, 0.1) is 0 Å². The second-order valence-electron chi connectivity index (χ2n) is 3.72. The molecule has 0 spiro atoms. The highest BCUT2D eigenvalue weighted by Crippen LogP contribution is 2.22. The van der Waals surface area contributed by atoms with E-state index in [0.29, 0.717) is 5.88 Å². The quantitative estimate of drug-likeness (QED) is 0.769. The summed E-state index contributed by atoms with van der Waals surface area (Å²) >= 11 is 0. The fourth-order valence-electron chi connectivity index (χ4n) is 1.53. The Bertz CT molecular complexity index is 534. The molecule has 0 fully saturated rings. The number of ether oxygens (including phenoxy) is 2. The Balaban J connectivity index is 2.15. The maximum Gasteiger partial charge on any atom is 0.343 e. The van der Waals surface area contributed by atoms with Gasteiger partial charge in [-0.25, -0.2) is 9.48 Å². The Morgan fingerprint density at radius 1 is 1.33 bits per heavy atom. The molecule has 0 saturated carbocycles. The van der Waals surface area contributed by atoms with Gasteiger partial charge in [-0.15, -0.1) is 0 Å². The number of aryl methyl sites for hydroxylation is 1. The second-order valence-corrected chi connectivity index (χ2v) is 3.72. The summed E-state index contributed by atoms with van der Waals surface area (Å²) in [6.07, 6.45) is 0. The van der Waals surface area contributed by atoms with Gasteiger partial charge < -0.3 is 9.47 Å². The summed E-state index contributed by atoms with van der Waals surface area (Å²) in [6.45, 7) is -0.121.